The molecule has 0 spiro atoms. The minimum Gasteiger partial charge on any atom is -0.393 e. The van der Waals surface area contributed by atoms with E-state index in [4.69, 9.17) is 5.11 Å². The Morgan fingerprint density at radius 3 is 2.67 bits per heavy atom. The van der Waals surface area contributed by atoms with Gasteiger partial charge in [0.25, 0.3) is 5.91 Å². The van der Waals surface area contributed by atoms with Crippen LogP contribution in [0.1, 0.15) is 33.0 Å². The van der Waals surface area contributed by atoms with E-state index in [1.54, 1.807) is 11.3 Å². The first kappa shape index (κ1) is 10.6. The van der Waals surface area contributed by atoms with Gasteiger partial charge in [0.05, 0.1) is 11.7 Å². The Morgan fingerprint density at radius 2 is 2.20 bits per heavy atom. The van der Waals surface area contributed by atoms with E-state index in [1.807, 2.05) is 19.9 Å². The average molecular weight is 225 g/mol. The van der Waals surface area contributed by atoms with Crippen molar-refractivity contribution in [1.29, 1.82) is 0 Å². The van der Waals surface area contributed by atoms with Gasteiger partial charge in [-0.25, -0.2) is 0 Å². The monoisotopic (exact) mass is 225 g/mol. The smallest absolute Gasteiger partial charge is 0.252 e. The Hall–Kier alpha value is -0.870. The lowest BCUT2D eigenvalue weighted by Gasteiger charge is -2.31. The molecule has 0 aromatic carbocycles. The van der Waals surface area contributed by atoms with Gasteiger partial charge in [-0.05, 0) is 32.8 Å². The van der Waals surface area contributed by atoms with Crippen molar-refractivity contribution >= 4 is 17.2 Å². The van der Waals surface area contributed by atoms with Gasteiger partial charge in [-0.15, -0.1) is 11.3 Å². The molecule has 15 heavy (non-hydrogen) atoms. The zero-order valence-electron chi connectivity index (χ0n) is 8.91. The van der Waals surface area contributed by atoms with Crippen molar-refractivity contribution in [3.63, 3.8) is 0 Å². The Kier molecular flexibility index (Phi) is 2.80. The summed E-state index contributed by atoms with van der Waals surface area (Å²) in [5.41, 5.74) is 0.777. The lowest BCUT2D eigenvalue weighted by Crippen LogP contribution is -2.46. The Labute approximate surface area is 93.1 Å². The molecule has 2 N–H and O–H groups in total. The molecule has 1 saturated carbocycles. The molecule has 0 bridgehead atoms. The first-order chi connectivity index (χ1) is 7.06. The Balaban J connectivity index is 1.99. The van der Waals surface area contributed by atoms with E-state index in [9.17, 15) is 4.79 Å². The van der Waals surface area contributed by atoms with Crippen molar-refractivity contribution in [1.82, 2.24) is 5.32 Å². The predicted octanol–water partition coefficient (Wildman–Crippen LogP) is 1.62. The number of aryl methyl sites for hydroxylation is 2. The molecular formula is C11H15NO2S. The summed E-state index contributed by atoms with van der Waals surface area (Å²) in [6, 6.07) is 2.08. The van der Waals surface area contributed by atoms with Crippen LogP contribution >= 0.6 is 11.3 Å². The van der Waals surface area contributed by atoms with Crippen LogP contribution < -0.4 is 5.32 Å². The average Bonchev–Trinajstić information content (AvgIpc) is 2.42. The number of nitrogens with one attached hydrogen (secondary N) is 1. The van der Waals surface area contributed by atoms with Gasteiger partial charge in [-0.1, -0.05) is 0 Å². The number of carbonyl (C=O) groups is 1. The first-order valence-electron chi connectivity index (χ1n) is 5.12. The summed E-state index contributed by atoms with van der Waals surface area (Å²) in [7, 11) is 0. The zero-order valence-corrected chi connectivity index (χ0v) is 9.73. The summed E-state index contributed by atoms with van der Waals surface area (Å²) < 4.78 is 0. The number of thiophene rings is 1. The van der Waals surface area contributed by atoms with Crippen molar-refractivity contribution < 1.29 is 9.90 Å². The van der Waals surface area contributed by atoms with Crippen LogP contribution in [0.25, 0.3) is 0 Å². The zero-order chi connectivity index (χ0) is 11.0. The van der Waals surface area contributed by atoms with Gasteiger partial charge in [-0.3, -0.25) is 4.79 Å². The third-order valence-corrected chi connectivity index (χ3v) is 3.70. The van der Waals surface area contributed by atoms with Crippen LogP contribution in [0.15, 0.2) is 6.07 Å². The van der Waals surface area contributed by atoms with Crippen LogP contribution in [0.5, 0.6) is 0 Å². The molecule has 1 aliphatic rings. The van der Waals surface area contributed by atoms with Crippen LogP contribution in [-0.2, 0) is 0 Å². The normalized spacial score (nSPS) is 24.7. The lowest BCUT2D eigenvalue weighted by atomic mass is 9.89. The molecule has 0 saturated heterocycles. The highest BCUT2D eigenvalue weighted by atomic mass is 32.1. The second-order valence-electron chi connectivity index (χ2n) is 4.12. The number of aliphatic hydroxyl groups is 1. The van der Waals surface area contributed by atoms with Crippen LogP contribution in [0.2, 0.25) is 0 Å². The third-order valence-electron chi connectivity index (χ3n) is 2.73. The van der Waals surface area contributed by atoms with Gasteiger partial charge in [0.1, 0.15) is 0 Å². The SMILES string of the molecule is Cc1cc(C(=O)NC2CC(O)C2)c(C)s1. The Morgan fingerprint density at radius 1 is 1.53 bits per heavy atom. The fourth-order valence-electron chi connectivity index (χ4n) is 1.83. The summed E-state index contributed by atoms with van der Waals surface area (Å²) in [6.45, 7) is 3.96. The van der Waals surface area contributed by atoms with Crippen molar-refractivity contribution in [3.8, 4) is 0 Å². The van der Waals surface area contributed by atoms with Gasteiger partial charge < -0.3 is 10.4 Å². The third kappa shape index (κ3) is 2.21. The number of rotatable bonds is 2. The molecule has 1 fully saturated rings. The highest BCUT2D eigenvalue weighted by molar-refractivity contribution is 7.12. The largest absolute Gasteiger partial charge is 0.393 e. The number of aliphatic hydroxyl groups excluding tert-OH is 1. The molecule has 0 radical (unpaired) electrons. The molecule has 82 valence electrons. The molecular weight excluding hydrogens is 210 g/mol. The molecule has 2 rings (SSSR count). The number of amides is 1. The van der Waals surface area contributed by atoms with Crippen LogP contribution in [0.3, 0.4) is 0 Å². The lowest BCUT2D eigenvalue weighted by molar-refractivity contribution is 0.0562. The highest BCUT2D eigenvalue weighted by Gasteiger charge is 2.29. The second kappa shape index (κ2) is 3.94. The van der Waals surface area contributed by atoms with Gasteiger partial charge in [0.2, 0.25) is 0 Å². The molecule has 1 aromatic rings. The molecule has 4 heteroatoms. The van der Waals surface area contributed by atoms with Crippen molar-refractivity contribution in [3.05, 3.63) is 21.4 Å². The highest BCUT2D eigenvalue weighted by Crippen LogP contribution is 2.23. The van der Waals surface area contributed by atoms with E-state index < -0.39 is 0 Å². The molecule has 1 aliphatic carbocycles. The van der Waals surface area contributed by atoms with Crippen molar-refractivity contribution in [2.24, 2.45) is 0 Å². The predicted molar refractivity (Wildman–Crippen MR) is 60.3 cm³/mol. The van der Waals surface area contributed by atoms with Gasteiger partial charge in [0.15, 0.2) is 0 Å². The fraction of sp³-hybridized carbons (Fsp3) is 0.545. The molecule has 0 unspecified atom stereocenters. The van der Waals surface area contributed by atoms with Gasteiger partial charge in [-0.2, -0.15) is 0 Å². The standard InChI is InChI=1S/C11H15NO2S/c1-6-3-10(7(2)15-6)11(14)12-8-4-9(13)5-8/h3,8-9,13H,4-5H2,1-2H3,(H,12,14). The Bertz CT molecular complexity index is 380. The van der Waals surface area contributed by atoms with Gasteiger partial charge >= 0.3 is 0 Å². The number of hydrogen-bond acceptors (Lipinski definition) is 3. The maximum atomic E-state index is 11.8. The van der Waals surface area contributed by atoms with E-state index in [-0.39, 0.29) is 18.1 Å². The second-order valence-corrected chi connectivity index (χ2v) is 5.58. The maximum absolute atomic E-state index is 11.8. The van der Waals surface area contributed by atoms with E-state index in [2.05, 4.69) is 5.32 Å². The van der Waals surface area contributed by atoms with Crippen molar-refractivity contribution in [2.75, 3.05) is 0 Å². The number of carbonyl (C=O) groups excluding carboxylic acids is 1. The van der Waals surface area contributed by atoms with E-state index in [0.29, 0.717) is 12.8 Å². The van der Waals surface area contributed by atoms with Crippen LogP contribution in [0, 0.1) is 13.8 Å². The summed E-state index contributed by atoms with van der Waals surface area (Å²) in [4.78, 5) is 14.0. The van der Waals surface area contributed by atoms with E-state index >= 15 is 0 Å². The quantitative estimate of drug-likeness (QED) is 0.803. The summed E-state index contributed by atoms with van der Waals surface area (Å²) in [5, 5.41) is 12.0. The molecule has 1 aromatic heterocycles. The summed E-state index contributed by atoms with van der Waals surface area (Å²) in [5.74, 6) is -0.00579. The van der Waals surface area contributed by atoms with Crippen LogP contribution in [-0.4, -0.2) is 23.2 Å². The molecule has 3 nitrogen and oxygen atoms in total. The first-order valence-corrected chi connectivity index (χ1v) is 5.94. The summed E-state index contributed by atoms with van der Waals surface area (Å²) >= 11 is 1.64. The van der Waals surface area contributed by atoms with E-state index in [1.165, 1.54) is 0 Å². The molecule has 1 amide bonds. The molecule has 0 aliphatic heterocycles. The van der Waals surface area contributed by atoms with E-state index in [0.717, 1.165) is 15.3 Å². The topological polar surface area (TPSA) is 49.3 Å². The van der Waals surface area contributed by atoms with Gasteiger partial charge in [0, 0.05) is 15.8 Å². The van der Waals surface area contributed by atoms with Crippen molar-refractivity contribution in [2.45, 2.75) is 38.8 Å². The minimum absolute atomic E-state index is 0.00579. The maximum Gasteiger partial charge on any atom is 0.252 e. The summed E-state index contributed by atoms with van der Waals surface area (Å²) in [6.07, 6.45) is 1.16. The minimum atomic E-state index is -0.222. The van der Waals surface area contributed by atoms with Crippen LogP contribution in [0.4, 0.5) is 0 Å². The molecule has 0 atom stereocenters. The number of hydrogen-bond donors (Lipinski definition) is 2. The fourth-order valence-corrected chi connectivity index (χ4v) is 2.75. The molecule has 1 heterocycles.